The Kier molecular flexibility index (Phi) is 5.19. The van der Waals surface area contributed by atoms with Crippen LogP contribution in [0.5, 0.6) is 5.88 Å². The van der Waals surface area contributed by atoms with Crippen LogP contribution in [0, 0.1) is 0 Å². The highest BCUT2D eigenvalue weighted by atomic mass is 16.5. The first kappa shape index (κ1) is 15.9. The molecule has 0 unspecified atom stereocenters. The average Bonchev–Trinajstić information content (AvgIpc) is 3.04. The summed E-state index contributed by atoms with van der Waals surface area (Å²) < 4.78 is 13.4. The van der Waals surface area contributed by atoms with Gasteiger partial charge in [-0.2, -0.15) is 0 Å². The van der Waals surface area contributed by atoms with Crippen molar-refractivity contribution in [1.82, 2.24) is 24.6 Å². The monoisotopic (exact) mass is 317 g/mol. The van der Waals surface area contributed by atoms with Crippen molar-refractivity contribution < 1.29 is 9.47 Å². The molecule has 1 fully saturated rings. The second kappa shape index (κ2) is 7.52. The van der Waals surface area contributed by atoms with Crippen LogP contribution in [0.3, 0.4) is 0 Å². The van der Waals surface area contributed by atoms with E-state index in [9.17, 15) is 0 Å². The summed E-state index contributed by atoms with van der Waals surface area (Å²) in [6, 6.07) is 5.90. The molecule has 0 amide bonds. The van der Waals surface area contributed by atoms with E-state index in [0.717, 1.165) is 37.7 Å². The molecule has 3 heterocycles. The first-order chi connectivity index (χ1) is 11.3. The minimum Gasteiger partial charge on any atom is -0.478 e. The fourth-order valence-corrected chi connectivity index (χ4v) is 2.76. The van der Waals surface area contributed by atoms with Gasteiger partial charge in [0.1, 0.15) is 12.4 Å². The molecular formula is C16H23N5O2. The minimum absolute atomic E-state index is 0.0405. The van der Waals surface area contributed by atoms with Gasteiger partial charge in [0.25, 0.3) is 0 Å². The van der Waals surface area contributed by atoms with Crippen LogP contribution in [0.1, 0.15) is 31.5 Å². The Bertz CT molecular complexity index is 630. The lowest BCUT2D eigenvalue weighted by Crippen LogP contribution is -2.38. The minimum atomic E-state index is -0.0405. The number of aryl methyl sites for hydroxylation is 1. The van der Waals surface area contributed by atoms with E-state index in [1.54, 1.807) is 6.33 Å². The van der Waals surface area contributed by atoms with Crippen molar-refractivity contribution >= 4 is 0 Å². The smallest absolute Gasteiger partial charge is 0.213 e. The van der Waals surface area contributed by atoms with Gasteiger partial charge in [0, 0.05) is 32.2 Å². The van der Waals surface area contributed by atoms with Gasteiger partial charge in [-0.25, -0.2) is 4.98 Å². The van der Waals surface area contributed by atoms with Crippen molar-refractivity contribution in [2.75, 3.05) is 26.3 Å². The summed E-state index contributed by atoms with van der Waals surface area (Å²) in [5, 5.41) is 8.21. The van der Waals surface area contributed by atoms with Crippen molar-refractivity contribution in [2.45, 2.75) is 33.0 Å². The van der Waals surface area contributed by atoms with Crippen LogP contribution in [0.4, 0.5) is 0 Å². The molecule has 124 valence electrons. The molecule has 0 aromatic carbocycles. The molecule has 0 N–H and O–H groups in total. The zero-order chi connectivity index (χ0) is 16.1. The Morgan fingerprint density at radius 2 is 2.26 bits per heavy atom. The second-order valence-electron chi connectivity index (χ2n) is 5.47. The largest absolute Gasteiger partial charge is 0.478 e. The lowest BCUT2D eigenvalue weighted by atomic mass is 10.2. The Morgan fingerprint density at radius 1 is 1.35 bits per heavy atom. The lowest BCUT2D eigenvalue weighted by Gasteiger charge is -2.32. The Morgan fingerprint density at radius 3 is 3.09 bits per heavy atom. The maximum atomic E-state index is 5.88. The highest BCUT2D eigenvalue weighted by Crippen LogP contribution is 2.21. The molecule has 0 radical (unpaired) electrons. The summed E-state index contributed by atoms with van der Waals surface area (Å²) in [4.78, 5) is 6.87. The molecule has 2 aromatic rings. The number of rotatable bonds is 6. The van der Waals surface area contributed by atoms with Gasteiger partial charge in [0.05, 0.1) is 18.9 Å². The van der Waals surface area contributed by atoms with E-state index in [-0.39, 0.29) is 6.10 Å². The second-order valence-corrected chi connectivity index (χ2v) is 5.47. The molecule has 1 atom stereocenters. The van der Waals surface area contributed by atoms with Crippen LogP contribution in [0.2, 0.25) is 0 Å². The zero-order valence-electron chi connectivity index (χ0n) is 13.7. The predicted octanol–water partition coefficient (Wildman–Crippen LogP) is 1.67. The van der Waals surface area contributed by atoms with Crippen molar-refractivity contribution in [2.24, 2.45) is 0 Å². The van der Waals surface area contributed by atoms with E-state index < -0.39 is 0 Å². The van der Waals surface area contributed by atoms with Gasteiger partial charge in [-0.3, -0.25) is 4.90 Å². The summed E-state index contributed by atoms with van der Waals surface area (Å²) in [6.07, 6.45) is 1.71. The van der Waals surface area contributed by atoms with E-state index in [4.69, 9.17) is 9.47 Å². The standard InChI is InChI=1S/C16H23N5O2/c1-3-21-12-17-19-16(21)14-11-20(8-9-23-14)10-13-6-5-7-15(18-13)22-4-2/h5-7,12,14H,3-4,8-11H2,1-2H3/t14-/m0/s1. The molecule has 23 heavy (non-hydrogen) atoms. The van der Waals surface area contributed by atoms with Gasteiger partial charge >= 0.3 is 0 Å². The fourth-order valence-electron chi connectivity index (χ4n) is 2.76. The molecule has 7 nitrogen and oxygen atoms in total. The van der Waals surface area contributed by atoms with Gasteiger partial charge in [-0.05, 0) is 19.9 Å². The Balaban J connectivity index is 1.66. The first-order valence-corrected chi connectivity index (χ1v) is 8.10. The number of hydrogen-bond acceptors (Lipinski definition) is 6. The zero-order valence-corrected chi connectivity index (χ0v) is 13.7. The summed E-state index contributed by atoms with van der Waals surface area (Å²) in [5.74, 6) is 1.58. The van der Waals surface area contributed by atoms with Crippen molar-refractivity contribution in [3.05, 3.63) is 36.0 Å². The van der Waals surface area contributed by atoms with Gasteiger partial charge in [-0.1, -0.05) is 6.07 Å². The molecule has 1 aliphatic rings. The maximum Gasteiger partial charge on any atom is 0.213 e. The van der Waals surface area contributed by atoms with E-state index in [0.29, 0.717) is 19.1 Å². The van der Waals surface area contributed by atoms with Gasteiger partial charge in [0.15, 0.2) is 5.82 Å². The summed E-state index contributed by atoms with van der Waals surface area (Å²) in [5.41, 5.74) is 1.01. The van der Waals surface area contributed by atoms with Gasteiger partial charge in [0.2, 0.25) is 5.88 Å². The van der Waals surface area contributed by atoms with Crippen LogP contribution in [-0.4, -0.2) is 51.0 Å². The predicted molar refractivity (Wildman–Crippen MR) is 85.1 cm³/mol. The molecule has 2 aromatic heterocycles. The van der Waals surface area contributed by atoms with E-state index >= 15 is 0 Å². The van der Waals surface area contributed by atoms with Crippen LogP contribution in [-0.2, 0) is 17.8 Å². The number of ether oxygens (including phenoxy) is 2. The van der Waals surface area contributed by atoms with Crippen molar-refractivity contribution in [1.29, 1.82) is 0 Å². The van der Waals surface area contributed by atoms with Crippen LogP contribution < -0.4 is 4.74 Å². The quantitative estimate of drug-likeness (QED) is 0.807. The molecule has 7 heteroatoms. The Hall–Kier alpha value is -1.99. The number of hydrogen-bond donors (Lipinski definition) is 0. The highest BCUT2D eigenvalue weighted by Gasteiger charge is 2.26. The first-order valence-electron chi connectivity index (χ1n) is 8.10. The van der Waals surface area contributed by atoms with Gasteiger partial charge in [-0.15, -0.1) is 10.2 Å². The average molecular weight is 317 g/mol. The summed E-state index contributed by atoms with van der Waals surface area (Å²) in [6.45, 7) is 8.66. The van der Waals surface area contributed by atoms with E-state index in [2.05, 4.69) is 27.0 Å². The molecular weight excluding hydrogens is 294 g/mol. The van der Waals surface area contributed by atoms with E-state index in [1.165, 1.54) is 0 Å². The molecule has 1 saturated heterocycles. The SMILES string of the molecule is CCOc1cccc(CN2CCO[C@H](c3nncn3CC)C2)n1. The molecule has 0 aliphatic carbocycles. The van der Waals surface area contributed by atoms with Gasteiger partial charge < -0.3 is 14.0 Å². The van der Waals surface area contributed by atoms with Crippen LogP contribution in [0.25, 0.3) is 0 Å². The van der Waals surface area contributed by atoms with Crippen molar-refractivity contribution in [3.8, 4) is 5.88 Å². The maximum absolute atomic E-state index is 5.88. The number of aromatic nitrogens is 4. The summed E-state index contributed by atoms with van der Waals surface area (Å²) >= 11 is 0. The molecule has 0 saturated carbocycles. The number of nitrogens with zero attached hydrogens (tertiary/aromatic N) is 5. The summed E-state index contributed by atoms with van der Waals surface area (Å²) in [7, 11) is 0. The third kappa shape index (κ3) is 3.86. The third-order valence-electron chi connectivity index (χ3n) is 3.88. The fraction of sp³-hybridized carbons (Fsp3) is 0.562. The number of pyridine rings is 1. The third-order valence-corrected chi connectivity index (χ3v) is 3.88. The van der Waals surface area contributed by atoms with Crippen LogP contribution in [0.15, 0.2) is 24.5 Å². The lowest BCUT2D eigenvalue weighted by molar-refractivity contribution is -0.0392. The number of morpholine rings is 1. The topological polar surface area (TPSA) is 65.3 Å². The van der Waals surface area contributed by atoms with Crippen LogP contribution >= 0.6 is 0 Å². The Labute approximate surface area is 136 Å². The van der Waals surface area contributed by atoms with E-state index in [1.807, 2.05) is 29.7 Å². The molecule has 0 spiro atoms. The molecule has 1 aliphatic heterocycles. The normalized spacial score (nSPS) is 19.0. The molecule has 0 bridgehead atoms. The van der Waals surface area contributed by atoms with Crippen molar-refractivity contribution in [3.63, 3.8) is 0 Å². The molecule has 3 rings (SSSR count). The highest BCUT2D eigenvalue weighted by molar-refractivity contribution is 5.15.